The topological polar surface area (TPSA) is 120 Å². The Kier molecular flexibility index (Phi) is 7.42. The lowest BCUT2D eigenvalue weighted by Crippen LogP contribution is -2.46. The number of pyridine rings is 1. The van der Waals surface area contributed by atoms with Crippen LogP contribution in [0.15, 0.2) is 36.4 Å². The molecule has 0 saturated heterocycles. The van der Waals surface area contributed by atoms with Crippen molar-refractivity contribution in [3.05, 3.63) is 42.0 Å². The van der Waals surface area contributed by atoms with Crippen molar-refractivity contribution >= 4 is 16.0 Å². The summed E-state index contributed by atoms with van der Waals surface area (Å²) in [5.74, 6) is 1.21. The molecule has 2 atom stereocenters. The van der Waals surface area contributed by atoms with Crippen molar-refractivity contribution < 1.29 is 23.0 Å². The highest BCUT2D eigenvalue weighted by Crippen LogP contribution is 2.36. The van der Waals surface area contributed by atoms with Gasteiger partial charge in [-0.1, -0.05) is 39.0 Å². The number of nitrogens with zero attached hydrogens (tertiary/aromatic N) is 5. The van der Waals surface area contributed by atoms with Crippen molar-refractivity contribution in [2.24, 2.45) is 5.41 Å². The molecule has 3 aromatic rings. The highest BCUT2D eigenvalue weighted by molar-refractivity contribution is 7.93. The van der Waals surface area contributed by atoms with E-state index in [9.17, 15) is 13.5 Å². The number of ether oxygens (including phenoxy) is 2. The number of aromatic nitrogens is 4. The number of aryl methyl sites for hydroxylation is 1. The zero-order chi connectivity index (χ0) is 26.1. The van der Waals surface area contributed by atoms with Crippen LogP contribution in [-0.2, 0) is 10.0 Å². The standard InChI is InChI=1S/C24H33N5O5S/c1-15-11-9-13-18(33-7)20(15)29-22(17-12-10-14-19(25-17)34-8)26-27-23(29)28(6)35(31,32)16(2)21(30)24(3,4)5/h9-14,16,21,30H,1-8H3/t16-,21+/m1/s1. The van der Waals surface area contributed by atoms with Gasteiger partial charge >= 0.3 is 0 Å². The number of para-hydroxylation sites is 1. The van der Waals surface area contributed by atoms with Crippen LogP contribution >= 0.6 is 0 Å². The van der Waals surface area contributed by atoms with Crippen molar-refractivity contribution in [1.29, 1.82) is 0 Å². The van der Waals surface area contributed by atoms with Crippen LogP contribution in [0.4, 0.5) is 5.95 Å². The van der Waals surface area contributed by atoms with Crippen LogP contribution in [0.5, 0.6) is 11.6 Å². The summed E-state index contributed by atoms with van der Waals surface area (Å²) in [7, 11) is 0.398. The molecule has 0 radical (unpaired) electrons. The molecular weight excluding hydrogens is 470 g/mol. The first-order chi connectivity index (χ1) is 16.3. The van der Waals surface area contributed by atoms with Gasteiger partial charge in [-0.25, -0.2) is 17.7 Å². The zero-order valence-corrected chi connectivity index (χ0v) is 22.2. The molecule has 3 rings (SSSR count). The third kappa shape index (κ3) is 4.96. The van der Waals surface area contributed by atoms with E-state index in [0.717, 1.165) is 9.87 Å². The highest BCUT2D eigenvalue weighted by atomic mass is 32.2. The van der Waals surface area contributed by atoms with Crippen LogP contribution in [-0.4, -0.2) is 65.9 Å². The molecule has 0 saturated carbocycles. The molecule has 0 bridgehead atoms. The first-order valence-electron chi connectivity index (χ1n) is 11.1. The number of hydrogen-bond donors (Lipinski definition) is 1. The monoisotopic (exact) mass is 503 g/mol. The highest BCUT2D eigenvalue weighted by Gasteiger charge is 2.40. The lowest BCUT2D eigenvalue weighted by Gasteiger charge is -2.33. The van der Waals surface area contributed by atoms with E-state index in [-0.39, 0.29) is 5.95 Å². The van der Waals surface area contributed by atoms with Gasteiger partial charge in [0, 0.05) is 13.1 Å². The van der Waals surface area contributed by atoms with Gasteiger partial charge in [-0.05, 0) is 37.0 Å². The van der Waals surface area contributed by atoms with E-state index in [4.69, 9.17) is 9.47 Å². The number of sulfonamides is 1. The fourth-order valence-corrected chi connectivity index (χ4v) is 5.40. The number of rotatable bonds is 8. The van der Waals surface area contributed by atoms with Gasteiger partial charge in [-0.3, -0.25) is 4.57 Å². The number of methoxy groups -OCH3 is 2. The third-order valence-corrected chi connectivity index (χ3v) is 8.04. The lowest BCUT2D eigenvalue weighted by molar-refractivity contribution is 0.0626. The summed E-state index contributed by atoms with van der Waals surface area (Å²) in [6.45, 7) is 8.73. The van der Waals surface area contributed by atoms with Crippen molar-refractivity contribution in [3.8, 4) is 28.8 Å². The summed E-state index contributed by atoms with van der Waals surface area (Å²) in [4.78, 5) is 4.47. The summed E-state index contributed by atoms with van der Waals surface area (Å²) in [5, 5.41) is 18.2. The Morgan fingerprint density at radius 3 is 2.31 bits per heavy atom. The van der Waals surface area contributed by atoms with E-state index in [2.05, 4.69) is 15.2 Å². The molecule has 0 unspecified atom stereocenters. The predicted molar refractivity (Wildman–Crippen MR) is 135 cm³/mol. The molecule has 0 aliphatic heterocycles. The largest absolute Gasteiger partial charge is 0.495 e. The third-order valence-electron chi connectivity index (χ3n) is 5.92. The Morgan fingerprint density at radius 1 is 1.06 bits per heavy atom. The molecule has 11 heteroatoms. The van der Waals surface area contributed by atoms with Crippen LogP contribution in [0.25, 0.3) is 17.2 Å². The Balaban J connectivity index is 2.28. The second kappa shape index (κ2) is 9.82. The molecule has 0 aliphatic rings. The van der Waals surface area contributed by atoms with Crippen molar-refractivity contribution in [2.75, 3.05) is 25.6 Å². The molecule has 0 amide bonds. The molecule has 190 valence electrons. The average Bonchev–Trinajstić information content (AvgIpc) is 3.26. The van der Waals surface area contributed by atoms with Crippen LogP contribution in [0.3, 0.4) is 0 Å². The summed E-state index contributed by atoms with van der Waals surface area (Å²) < 4.78 is 40.7. The smallest absolute Gasteiger partial charge is 0.245 e. The fourth-order valence-electron chi connectivity index (χ4n) is 3.82. The Bertz CT molecular complexity index is 1300. The summed E-state index contributed by atoms with van der Waals surface area (Å²) in [6, 6.07) is 10.7. The van der Waals surface area contributed by atoms with Gasteiger partial charge in [0.25, 0.3) is 0 Å². The number of aliphatic hydroxyl groups is 1. The molecule has 10 nitrogen and oxygen atoms in total. The zero-order valence-electron chi connectivity index (χ0n) is 21.3. The van der Waals surface area contributed by atoms with Gasteiger partial charge < -0.3 is 14.6 Å². The Hall–Kier alpha value is -3.18. The molecule has 1 aromatic carbocycles. The number of aliphatic hydroxyl groups excluding tert-OH is 1. The lowest BCUT2D eigenvalue weighted by atomic mass is 9.87. The van der Waals surface area contributed by atoms with Crippen LogP contribution in [0.2, 0.25) is 0 Å². The first-order valence-corrected chi connectivity index (χ1v) is 12.6. The van der Waals surface area contributed by atoms with Gasteiger partial charge in [-0.15, -0.1) is 10.2 Å². The summed E-state index contributed by atoms with van der Waals surface area (Å²) in [5.41, 5.74) is 1.17. The van der Waals surface area contributed by atoms with Gasteiger partial charge in [0.1, 0.15) is 16.7 Å². The molecule has 0 spiro atoms. The molecular formula is C24H33N5O5S. The Labute approximate surface area is 206 Å². The average molecular weight is 504 g/mol. The maximum atomic E-state index is 13.6. The minimum Gasteiger partial charge on any atom is -0.495 e. The maximum absolute atomic E-state index is 13.6. The molecule has 1 N–H and O–H groups in total. The van der Waals surface area contributed by atoms with Crippen molar-refractivity contribution in [3.63, 3.8) is 0 Å². The fraction of sp³-hybridized carbons (Fsp3) is 0.458. The van der Waals surface area contributed by atoms with E-state index in [1.165, 1.54) is 28.2 Å². The summed E-state index contributed by atoms with van der Waals surface area (Å²) in [6.07, 6.45) is -1.11. The van der Waals surface area contributed by atoms with Crippen LogP contribution < -0.4 is 13.8 Å². The summed E-state index contributed by atoms with van der Waals surface area (Å²) >= 11 is 0. The molecule has 2 aromatic heterocycles. The Morgan fingerprint density at radius 2 is 1.71 bits per heavy atom. The molecule has 0 fully saturated rings. The van der Waals surface area contributed by atoms with Gasteiger partial charge in [0.2, 0.25) is 21.9 Å². The minimum atomic E-state index is -4.04. The normalized spacial score (nSPS) is 13.9. The van der Waals surface area contributed by atoms with Gasteiger partial charge in [0.15, 0.2) is 5.82 Å². The maximum Gasteiger partial charge on any atom is 0.245 e. The van der Waals surface area contributed by atoms with E-state index in [1.807, 2.05) is 19.1 Å². The van der Waals surface area contributed by atoms with E-state index in [1.54, 1.807) is 49.6 Å². The van der Waals surface area contributed by atoms with E-state index >= 15 is 0 Å². The first kappa shape index (κ1) is 26.4. The van der Waals surface area contributed by atoms with Crippen molar-refractivity contribution in [1.82, 2.24) is 19.7 Å². The van der Waals surface area contributed by atoms with Gasteiger partial charge in [-0.2, -0.15) is 0 Å². The van der Waals surface area contributed by atoms with Gasteiger partial charge in [0.05, 0.1) is 26.0 Å². The minimum absolute atomic E-state index is 0.0326. The number of benzene rings is 1. The SMILES string of the molecule is COc1cccc(-c2nnc(N(C)S(=O)(=O)[C@H](C)[C@H](O)C(C)(C)C)n2-c2c(C)cccc2OC)n1. The number of hydrogen-bond acceptors (Lipinski definition) is 8. The van der Waals surface area contributed by atoms with Crippen LogP contribution in [0, 0.1) is 12.3 Å². The van der Waals surface area contributed by atoms with E-state index < -0.39 is 26.8 Å². The van der Waals surface area contributed by atoms with Crippen molar-refractivity contribution in [2.45, 2.75) is 46.0 Å². The van der Waals surface area contributed by atoms with E-state index in [0.29, 0.717) is 28.8 Å². The predicted octanol–water partition coefficient (Wildman–Crippen LogP) is 3.22. The molecule has 0 aliphatic carbocycles. The second-order valence-electron chi connectivity index (χ2n) is 9.38. The quantitative estimate of drug-likeness (QED) is 0.498. The molecule has 2 heterocycles. The number of anilines is 1. The second-order valence-corrected chi connectivity index (χ2v) is 11.7. The molecule has 35 heavy (non-hydrogen) atoms. The van der Waals surface area contributed by atoms with Crippen LogP contribution in [0.1, 0.15) is 33.3 Å².